The molecular weight excluding hydrogens is 303 g/mol. The molecule has 1 aromatic carbocycles. The molecule has 0 atom stereocenters. The Morgan fingerprint density at radius 3 is 2.95 bits per heavy atom. The number of thioether (sulfide) groups is 1. The van der Waals surface area contributed by atoms with Crippen molar-refractivity contribution >= 4 is 22.6 Å². The van der Waals surface area contributed by atoms with E-state index >= 15 is 0 Å². The van der Waals surface area contributed by atoms with Gasteiger partial charge in [0.25, 0.3) is 0 Å². The first-order valence-corrected chi connectivity index (χ1v) is 7.55. The number of ether oxygens (including phenoxy) is 1. The molecule has 0 aliphatic heterocycles. The third-order valence-electron chi connectivity index (χ3n) is 2.60. The summed E-state index contributed by atoms with van der Waals surface area (Å²) in [6.07, 6.45) is 5.20. The second kappa shape index (κ2) is 8.00. The predicted octanol–water partition coefficient (Wildman–Crippen LogP) is 3.22. The summed E-state index contributed by atoms with van der Waals surface area (Å²) in [5.74, 6) is -0.391. The van der Waals surface area contributed by atoms with Gasteiger partial charge in [0.1, 0.15) is 6.61 Å². The molecule has 0 unspecified atom stereocenters. The second-order valence-electron chi connectivity index (χ2n) is 4.08. The number of hydrogen-bond acceptors (Lipinski definition) is 5. The van der Waals surface area contributed by atoms with E-state index in [1.807, 2.05) is 6.07 Å². The maximum atomic E-state index is 14.0. The highest BCUT2D eigenvalue weighted by atomic mass is 32.2. The summed E-state index contributed by atoms with van der Waals surface area (Å²) in [4.78, 5) is 8.23. The summed E-state index contributed by atoms with van der Waals surface area (Å²) >= 11 is 1.26. The van der Waals surface area contributed by atoms with E-state index in [2.05, 4.69) is 15.3 Å². The highest BCUT2D eigenvalue weighted by Crippen LogP contribution is 2.24. The van der Waals surface area contributed by atoms with Crippen molar-refractivity contribution in [3.8, 4) is 11.9 Å². The van der Waals surface area contributed by atoms with Crippen LogP contribution in [0.2, 0.25) is 0 Å². The molecule has 0 amide bonds. The molecule has 112 valence electrons. The number of rotatable bonds is 4. The molecule has 0 aliphatic rings. The number of amidine groups is 1. The Balaban J connectivity index is 2.08. The molecule has 0 spiro atoms. The fourth-order valence-corrected chi connectivity index (χ4v) is 1.95. The lowest BCUT2D eigenvalue weighted by Gasteiger charge is -2.07. The van der Waals surface area contributed by atoms with E-state index < -0.39 is 5.82 Å². The molecule has 1 N–H and O–H groups in total. The maximum Gasteiger partial charge on any atom is 0.183 e. The van der Waals surface area contributed by atoms with Crippen molar-refractivity contribution in [3.63, 3.8) is 0 Å². The smallest absolute Gasteiger partial charge is 0.183 e. The van der Waals surface area contributed by atoms with Crippen LogP contribution < -0.4 is 10.1 Å². The number of benzene rings is 1. The number of aromatic nitrogens is 1. The van der Waals surface area contributed by atoms with Gasteiger partial charge in [0.05, 0.1) is 11.4 Å². The molecule has 22 heavy (non-hydrogen) atoms. The van der Waals surface area contributed by atoms with Crippen molar-refractivity contribution in [1.82, 2.24) is 10.3 Å². The number of aliphatic imine (C=N–C) groups is 1. The topological polar surface area (TPSA) is 70.3 Å². The van der Waals surface area contributed by atoms with Crippen LogP contribution in [0.4, 0.5) is 10.1 Å². The fourth-order valence-electron chi connectivity index (χ4n) is 1.60. The molecule has 0 saturated carbocycles. The molecule has 0 fully saturated rings. The molecule has 0 aliphatic carbocycles. The van der Waals surface area contributed by atoms with Gasteiger partial charge in [0.2, 0.25) is 0 Å². The minimum Gasteiger partial charge on any atom is -0.484 e. The molecule has 1 aromatic heterocycles. The number of nitriles is 1. The van der Waals surface area contributed by atoms with Crippen molar-refractivity contribution in [2.24, 2.45) is 4.99 Å². The molecule has 5 nitrogen and oxygen atoms in total. The summed E-state index contributed by atoms with van der Waals surface area (Å²) < 4.78 is 19.4. The second-order valence-corrected chi connectivity index (χ2v) is 4.88. The lowest BCUT2D eigenvalue weighted by molar-refractivity contribution is 0.286. The van der Waals surface area contributed by atoms with Crippen LogP contribution in [0.5, 0.6) is 5.75 Å². The van der Waals surface area contributed by atoms with Gasteiger partial charge in [0, 0.05) is 12.3 Å². The van der Waals surface area contributed by atoms with Crippen LogP contribution in [0.25, 0.3) is 0 Å². The van der Waals surface area contributed by atoms with Gasteiger partial charge < -0.3 is 4.74 Å². The summed E-state index contributed by atoms with van der Waals surface area (Å²) in [5.41, 5.74) is 1.11. The summed E-state index contributed by atoms with van der Waals surface area (Å²) in [5, 5.41) is 11.4. The van der Waals surface area contributed by atoms with E-state index in [1.54, 1.807) is 36.8 Å². The molecule has 0 saturated heterocycles. The summed E-state index contributed by atoms with van der Waals surface area (Å²) in [6.45, 7) is 0.187. The lowest BCUT2D eigenvalue weighted by atomic mass is 10.3. The Hall–Kier alpha value is -2.59. The number of halogens is 1. The Kier molecular flexibility index (Phi) is 5.74. The third kappa shape index (κ3) is 4.46. The Morgan fingerprint density at radius 2 is 2.32 bits per heavy atom. The van der Waals surface area contributed by atoms with Crippen molar-refractivity contribution in [2.75, 3.05) is 6.26 Å². The van der Waals surface area contributed by atoms with E-state index in [0.29, 0.717) is 16.5 Å². The van der Waals surface area contributed by atoms with Gasteiger partial charge in [-0.1, -0.05) is 17.8 Å². The van der Waals surface area contributed by atoms with Crippen molar-refractivity contribution < 1.29 is 9.13 Å². The van der Waals surface area contributed by atoms with E-state index in [9.17, 15) is 4.39 Å². The van der Waals surface area contributed by atoms with Crippen LogP contribution in [0.3, 0.4) is 0 Å². The van der Waals surface area contributed by atoms with E-state index in [4.69, 9.17) is 10.00 Å². The minimum absolute atomic E-state index is 0.128. The van der Waals surface area contributed by atoms with Crippen molar-refractivity contribution in [1.29, 1.82) is 5.26 Å². The quantitative estimate of drug-likeness (QED) is 0.406. The largest absolute Gasteiger partial charge is 0.484 e. The minimum atomic E-state index is -0.519. The number of pyridine rings is 1. The molecule has 0 bridgehead atoms. The highest BCUT2D eigenvalue weighted by Gasteiger charge is 2.06. The first kappa shape index (κ1) is 15.8. The van der Waals surface area contributed by atoms with E-state index in [1.165, 1.54) is 23.9 Å². The zero-order valence-electron chi connectivity index (χ0n) is 11.8. The Bertz CT molecular complexity index is 700. The van der Waals surface area contributed by atoms with E-state index in [-0.39, 0.29) is 12.4 Å². The van der Waals surface area contributed by atoms with Gasteiger partial charge in [-0.25, -0.2) is 9.38 Å². The van der Waals surface area contributed by atoms with Crippen LogP contribution in [0.15, 0.2) is 47.6 Å². The SMILES string of the molecule is CSC(=Nc1ccc(OCc2ccccn2)c(F)c1)NC#N. The summed E-state index contributed by atoms with van der Waals surface area (Å²) in [7, 11) is 0. The Labute approximate surface area is 131 Å². The van der Waals surface area contributed by atoms with Gasteiger partial charge in [-0.2, -0.15) is 5.26 Å². The molecule has 0 radical (unpaired) electrons. The Morgan fingerprint density at radius 1 is 1.45 bits per heavy atom. The van der Waals surface area contributed by atoms with Gasteiger partial charge in [0.15, 0.2) is 22.9 Å². The average molecular weight is 316 g/mol. The van der Waals surface area contributed by atoms with Gasteiger partial charge in [-0.3, -0.25) is 10.3 Å². The lowest BCUT2D eigenvalue weighted by Crippen LogP contribution is -2.12. The van der Waals surface area contributed by atoms with Crippen LogP contribution in [-0.2, 0) is 6.61 Å². The fraction of sp³-hybridized carbons (Fsp3) is 0.133. The number of hydrogen-bond donors (Lipinski definition) is 1. The normalized spacial score (nSPS) is 10.9. The zero-order valence-corrected chi connectivity index (χ0v) is 12.6. The van der Waals surface area contributed by atoms with Gasteiger partial charge in [-0.05, 0) is 30.5 Å². The van der Waals surface area contributed by atoms with Gasteiger partial charge in [-0.15, -0.1) is 0 Å². The number of nitrogens with one attached hydrogen (secondary N) is 1. The van der Waals surface area contributed by atoms with Crippen LogP contribution >= 0.6 is 11.8 Å². The van der Waals surface area contributed by atoms with Crippen LogP contribution in [0.1, 0.15) is 5.69 Å². The van der Waals surface area contributed by atoms with E-state index in [0.717, 1.165) is 0 Å². The summed E-state index contributed by atoms with van der Waals surface area (Å²) in [6, 6.07) is 9.81. The predicted molar refractivity (Wildman–Crippen MR) is 84.3 cm³/mol. The zero-order chi connectivity index (χ0) is 15.8. The highest BCUT2D eigenvalue weighted by molar-refractivity contribution is 8.13. The number of nitrogens with zero attached hydrogens (tertiary/aromatic N) is 3. The first-order valence-electron chi connectivity index (χ1n) is 6.33. The van der Waals surface area contributed by atoms with Gasteiger partial charge >= 0.3 is 0 Å². The monoisotopic (exact) mass is 316 g/mol. The molecule has 1 heterocycles. The molecule has 2 aromatic rings. The average Bonchev–Trinajstić information content (AvgIpc) is 2.54. The molecule has 2 rings (SSSR count). The van der Waals surface area contributed by atoms with Crippen LogP contribution in [0, 0.1) is 17.3 Å². The maximum absolute atomic E-state index is 14.0. The van der Waals surface area contributed by atoms with Crippen molar-refractivity contribution in [2.45, 2.75) is 6.61 Å². The third-order valence-corrected chi connectivity index (χ3v) is 3.18. The molecular formula is C15H13FN4OS. The van der Waals surface area contributed by atoms with Crippen LogP contribution in [-0.4, -0.2) is 16.4 Å². The van der Waals surface area contributed by atoms with Crippen molar-refractivity contribution in [3.05, 3.63) is 54.1 Å². The standard InChI is InChI=1S/C15H13FN4OS/c1-22-15(19-10-17)20-11-5-6-14(13(16)8-11)21-9-12-4-2-3-7-18-12/h2-8H,9H2,1H3,(H,19,20). The molecule has 7 heteroatoms. The first-order chi connectivity index (χ1) is 10.7.